The van der Waals surface area contributed by atoms with Gasteiger partial charge in [-0.15, -0.1) is 11.3 Å². The first-order chi connectivity index (χ1) is 7.59. The van der Waals surface area contributed by atoms with Gasteiger partial charge >= 0.3 is 5.97 Å². The van der Waals surface area contributed by atoms with Gasteiger partial charge < -0.3 is 10.4 Å². The molecule has 0 fully saturated rings. The predicted octanol–water partition coefficient (Wildman–Crippen LogP) is 1.37. The molecule has 1 unspecified atom stereocenters. The number of carboxylic acid groups (broad SMARTS) is 1. The number of nitrogens with one attached hydrogen (secondary N) is 1. The van der Waals surface area contributed by atoms with E-state index in [-0.39, 0.29) is 18.2 Å². The lowest BCUT2D eigenvalue weighted by molar-refractivity contribution is -0.137. The number of carbonyl (C=O) groups is 2. The van der Waals surface area contributed by atoms with Gasteiger partial charge in [0.15, 0.2) is 0 Å². The largest absolute Gasteiger partial charge is 0.481 e. The van der Waals surface area contributed by atoms with E-state index in [9.17, 15) is 9.59 Å². The second-order valence-electron chi connectivity index (χ2n) is 3.61. The van der Waals surface area contributed by atoms with Crippen LogP contribution in [0.25, 0.3) is 0 Å². The lowest BCUT2D eigenvalue weighted by Gasteiger charge is -2.10. The summed E-state index contributed by atoms with van der Waals surface area (Å²) in [5, 5.41) is 11.2. The molecule has 1 amide bonds. The molecule has 1 aromatic rings. The topological polar surface area (TPSA) is 79.3 Å². The summed E-state index contributed by atoms with van der Waals surface area (Å²) in [6.45, 7) is 2.40. The smallest absolute Gasteiger partial charge is 0.303 e. The molecule has 0 radical (unpaired) electrons. The number of rotatable bonds is 6. The number of aliphatic carboxylic acids is 1. The fraction of sp³-hybridized carbons (Fsp3) is 0.500. The molecular formula is C10H14N2O3S. The Balaban J connectivity index is 2.24. The zero-order valence-corrected chi connectivity index (χ0v) is 9.79. The van der Waals surface area contributed by atoms with E-state index in [2.05, 4.69) is 10.3 Å². The molecule has 0 saturated heterocycles. The first-order valence-corrected chi connectivity index (χ1v) is 5.86. The third-order valence-corrected chi connectivity index (χ3v) is 2.89. The van der Waals surface area contributed by atoms with Crippen molar-refractivity contribution in [2.45, 2.75) is 19.8 Å². The third-order valence-electron chi connectivity index (χ3n) is 2.12. The van der Waals surface area contributed by atoms with E-state index in [1.54, 1.807) is 5.51 Å². The third kappa shape index (κ3) is 4.39. The Kier molecular flexibility index (Phi) is 4.91. The van der Waals surface area contributed by atoms with Gasteiger partial charge in [0.2, 0.25) is 0 Å². The number of amides is 1. The number of carbonyl (C=O) groups excluding carboxylic acids is 1. The van der Waals surface area contributed by atoms with Crippen LogP contribution in [0.5, 0.6) is 0 Å². The summed E-state index contributed by atoms with van der Waals surface area (Å²) in [6.07, 6.45) is 2.22. The number of aromatic nitrogens is 1. The van der Waals surface area contributed by atoms with Crippen molar-refractivity contribution in [1.29, 1.82) is 0 Å². The zero-order chi connectivity index (χ0) is 12.0. The molecule has 0 aliphatic carbocycles. The Bertz CT molecular complexity index is 351. The number of nitrogens with zero attached hydrogens (tertiary/aromatic N) is 1. The second-order valence-corrected chi connectivity index (χ2v) is 4.50. The predicted molar refractivity (Wildman–Crippen MR) is 60.5 cm³/mol. The van der Waals surface area contributed by atoms with Crippen LogP contribution in [0.4, 0.5) is 0 Å². The summed E-state index contributed by atoms with van der Waals surface area (Å²) in [4.78, 5) is 26.2. The van der Waals surface area contributed by atoms with Crippen molar-refractivity contribution in [1.82, 2.24) is 10.3 Å². The van der Waals surface area contributed by atoms with Crippen molar-refractivity contribution in [3.63, 3.8) is 0 Å². The first kappa shape index (κ1) is 12.6. The summed E-state index contributed by atoms with van der Waals surface area (Å²) < 4.78 is 0. The summed E-state index contributed by atoms with van der Waals surface area (Å²) in [7, 11) is 0. The second kappa shape index (κ2) is 6.22. The van der Waals surface area contributed by atoms with E-state index in [0.717, 1.165) is 0 Å². The number of hydrogen-bond acceptors (Lipinski definition) is 4. The summed E-state index contributed by atoms with van der Waals surface area (Å²) in [5.74, 6) is -0.793. The van der Waals surface area contributed by atoms with Crippen LogP contribution in [0.3, 0.4) is 0 Å². The minimum absolute atomic E-state index is 0.137. The van der Waals surface area contributed by atoms with Crippen LogP contribution in [-0.2, 0) is 4.79 Å². The maximum Gasteiger partial charge on any atom is 0.303 e. The van der Waals surface area contributed by atoms with Crippen LogP contribution in [0.2, 0.25) is 0 Å². The normalized spacial score (nSPS) is 12.1. The molecule has 1 rings (SSSR count). The molecule has 1 aromatic heterocycles. The minimum Gasteiger partial charge on any atom is -0.481 e. The Morgan fingerprint density at radius 1 is 1.62 bits per heavy atom. The fourth-order valence-corrected chi connectivity index (χ4v) is 1.69. The Morgan fingerprint density at radius 3 is 2.94 bits per heavy atom. The van der Waals surface area contributed by atoms with Crippen LogP contribution < -0.4 is 5.32 Å². The van der Waals surface area contributed by atoms with E-state index in [0.29, 0.717) is 17.8 Å². The van der Waals surface area contributed by atoms with Crippen molar-refractivity contribution in [2.75, 3.05) is 6.54 Å². The maximum absolute atomic E-state index is 11.5. The molecule has 0 aromatic carbocycles. The monoisotopic (exact) mass is 242 g/mol. The van der Waals surface area contributed by atoms with Gasteiger partial charge in [0.1, 0.15) is 4.88 Å². The van der Waals surface area contributed by atoms with Gasteiger partial charge in [0, 0.05) is 13.0 Å². The van der Waals surface area contributed by atoms with Crippen molar-refractivity contribution in [2.24, 2.45) is 5.92 Å². The molecule has 16 heavy (non-hydrogen) atoms. The van der Waals surface area contributed by atoms with Gasteiger partial charge in [-0.2, -0.15) is 0 Å². The van der Waals surface area contributed by atoms with Crippen LogP contribution in [-0.4, -0.2) is 28.5 Å². The molecule has 0 bridgehead atoms. The molecule has 0 aliphatic heterocycles. The summed E-state index contributed by atoms with van der Waals surface area (Å²) in [5.41, 5.74) is 1.60. The van der Waals surface area contributed by atoms with Gasteiger partial charge in [-0.3, -0.25) is 14.6 Å². The van der Waals surface area contributed by atoms with Gasteiger partial charge in [-0.1, -0.05) is 6.92 Å². The van der Waals surface area contributed by atoms with Crippen LogP contribution in [0.15, 0.2) is 11.7 Å². The van der Waals surface area contributed by atoms with Crippen LogP contribution >= 0.6 is 11.3 Å². The number of carboxylic acids is 1. The highest BCUT2D eigenvalue weighted by atomic mass is 32.1. The highest BCUT2D eigenvalue weighted by Crippen LogP contribution is 2.07. The molecule has 2 N–H and O–H groups in total. The highest BCUT2D eigenvalue weighted by Gasteiger charge is 2.10. The fourth-order valence-electron chi connectivity index (χ4n) is 1.15. The standard InChI is InChI=1S/C10H14N2O3S/c1-7(2-3-9(13)14)4-12-10(15)8-5-11-6-16-8/h5-7H,2-4H2,1H3,(H,12,15)(H,13,14). The molecular weight excluding hydrogens is 228 g/mol. The molecule has 88 valence electrons. The molecule has 0 saturated carbocycles. The molecule has 6 heteroatoms. The van der Waals surface area contributed by atoms with Crippen LogP contribution in [0, 0.1) is 5.92 Å². The lowest BCUT2D eigenvalue weighted by atomic mass is 10.1. The average Bonchev–Trinajstić information content (AvgIpc) is 2.76. The lowest BCUT2D eigenvalue weighted by Crippen LogP contribution is -2.27. The van der Waals surface area contributed by atoms with Crippen molar-refractivity contribution in [3.05, 3.63) is 16.6 Å². The summed E-state index contributed by atoms with van der Waals surface area (Å²) in [6, 6.07) is 0. The van der Waals surface area contributed by atoms with Crippen LogP contribution in [0.1, 0.15) is 29.4 Å². The van der Waals surface area contributed by atoms with Crippen molar-refractivity contribution < 1.29 is 14.7 Å². The van der Waals surface area contributed by atoms with E-state index >= 15 is 0 Å². The Labute approximate surface area is 97.5 Å². The first-order valence-electron chi connectivity index (χ1n) is 4.98. The van der Waals surface area contributed by atoms with E-state index in [4.69, 9.17) is 5.11 Å². The average molecular weight is 242 g/mol. The van der Waals surface area contributed by atoms with Crippen molar-refractivity contribution >= 4 is 23.2 Å². The van der Waals surface area contributed by atoms with Gasteiger partial charge in [-0.25, -0.2) is 0 Å². The Hall–Kier alpha value is -1.43. The Morgan fingerprint density at radius 2 is 2.38 bits per heavy atom. The molecule has 1 heterocycles. The van der Waals surface area contributed by atoms with Gasteiger partial charge in [0.25, 0.3) is 5.91 Å². The van der Waals surface area contributed by atoms with E-state index in [1.165, 1.54) is 17.5 Å². The van der Waals surface area contributed by atoms with E-state index in [1.807, 2.05) is 6.92 Å². The number of thiazole rings is 1. The minimum atomic E-state index is -0.805. The SMILES string of the molecule is CC(CCC(=O)O)CNC(=O)c1cncs1. The highest BCUT2D eigenvalue weighted by molar-refractivity contribution is 7.11. The maximum atomic E-state index is 11.5. The quantitative estimate of drug-likeness (QED) is 0.789. The molecule has 0 aliphatic rings. The molecule has 1 atom stereocenters. The van der Waals surface area contributed by atoms with Gasteiger partial charge in [0.05, 0.1) is 11.7 Å². The number of hydrogen-bond donors (Lipinski definition) is 2. The van der Waals surface area contributed by atoms with Crippen molar-refractivity contribution in [3.8, 4) is 0 Å². The molecule has 5 nitrogen and oxygen atoms in total. The van der Waals surface area contributed by atoms with Gasteiger partial charge in [-0.05, 0) is 12.3 Å². The summed E-state index contributed by atoms with van der Waals surface area (Å²) >= 11 is 1.28. The van der Waals surface area contributed by atoms with E-state index < -0.39 is 5.97 Å². The zero-order valence-electron chi connectivity index (χ0n) is 8.97. The molecule has 0 spiro atoms.